The number of hydrogen-bond acceptors (Lipinski definition) is 5. The minimum Gasteiger partial charge on any atom is -0.376 e. The van der Waals surface area contributed by atoms with Crippen LogP contribution < -0.4 is 11.1 Å². The Hall–Kier alpha value is -3.43. The van der Waals surface area contributed by atoms with Gasteiger partial charge >= 0.3 is 6.18 Å². The first-order chi connectivity index (χ1) is 12.3. The molecule has 3 heterocycles. The van der Waals surface area contributed by atoms with Crippen molar-refractivity contribution in [3.05, 3.63) is 59.8 Å². The monoisotopic (exact) mass is 362 g/mol. The number of carbonyl (C=O) groups excluding carboxylic acids is 1. The molecular weight excluding hydrogens is 349 g/mol. The van der Waals surface area contributed by atoms with Gasteiger partial charge in [0.2, 0.25) is 0 Å². The van der Waals surface area contributed by atoms with Gasteiger partial charge in [-0.1, -0.05) is 6.07 Å². The van der Waals surface area contributed by atoms with Gasteiger partial charge in [0.15, 0.2) is 0 Å². The van der Waals surface area contributed by atoms with Crippen LogP contribution >= 0.6 is 0 Å². The van der Waals surface area contributed by atoms with Gasteiger partial charge in [-0.2, -0.15) is 13.2 Å². The topological polar surface area (TPSA) is 109 Å². The van der Waals surface area contributed by atoms with E-state index >= 15 is 0 Å². The van der Waals surface area contributed by atoms with Crippen molar-refractivity contribution < 1.29 is 18.0 Å². The normalized spacial score (nSPS) is 11.5. The van der Waals surface area contributed by atoms with Crippen LogP contribution in [-0.2, 0) is 0 Å². The van der Waals surface area contributed by atoms with Crippen molar-refractivity contribution in [2.75, 3.05) is 11.9 Å². The van der Waals surface area contributed by atoms with Crippen LogP contribution in [0.15, 0.2) is 42.9 Å². The summed E-state index contributed by atoms with van der Waals surface area (Å²) in [5, 5.41) is 10.6. The number of nitrogens with one attached hydrogen (secondary N) is 2. The minimum absolute atomic E-state index is 0.0676. The number of carbonyl (C=O) groups is 1. The molecule has 134 valence electrons. The highest BCUT2D eigenvalue weighted by atomic mass is 19.4. The first-order valence-corrected chi connectivity index (χ1v) is 7.38. The van der Waals surface area contributed by atoms with Crippen molar-refractivity contribution in [2.45, 2.75) is 6.18 Å². The molecule has 0 atom stereocenters. The number of amides is 1. The lowest BCUT2D eigenvalue weighted by Gasteiger charge is -2.15. The third kappa shape index (κ3) is 3.48. The molecule has 1 amide bonds. The van der Waals surface area contributed by atoms with Gasteiger partial charge in [-0.05, 0) is 18.2 Å². The largest absolute Gasteiger partial charge is 0.405 e. The molecule has 0 aliphatic carbocycles. The van der Waals surface area contributed by atoms with E-state index in [0.29, 0.717) is 11.3 Å². The van der Waals surface area contributed by atoms with Crippen LogP contribution in [0.2, 0.25) is 0 Å². The number of imidazole rings is 1. The Labute approximate surface area is 145 Å². The quantitative estimate of drug-likeness (QED) is 0.605. The number of alkyl halides is 3. The highest BCUT2D eigenvalue weighted by Gasteiger charge is 2.28. The molecule has 0 saturated carbocycles. The van der Waals surface area contributed by atoms with Crippen molar-refractivity contribution >= 4 is 23.0 Å². The van der Waals surface area contributed by atoms with Crippen LogP contribution in [-0.4, -0.2) is 38.7 Å². The fraction of sp³-hybridized carbons (Fsp3) is 0.125. The number of pyridine rings is 2. The number of rotatable bonds is 5. The van der Waals surface area contributed by atoms with Crippen molar-refractivity contribution in [3.63, 3.8) is 0 Å². The second-order valence-electron chi connectivity index (χ2n) is 5.40. The summed E-state index contributed by atoms with van der Waals surface area (Å²) in [5.41, 5.74) is 5.80. The highest BCUT2D eigenvalue weighted by molar-refractivity contribution is 6.13. The summed E-state index contributed by atoms with van der Waals surface area (Å²) >= 11 is 0. The molecule has 3 aromatic rings. The zero-order valence-corrected chi connectivity index (χ0v) is 13.2. The molecular formula is C16H13F3N6O. The van der Waals surface area contributed by atoms with Gasteiger partial charge < -0.3 is 11.1 Å². The van der Waals surface area contributed by atoms with Gasteiger partial charge in [-0.25, -0.2) is 4.98 Å². The van der Waals surface area contributed by atoms with Crippen LogP contribution in [0.25, 0.3) is 5.65 Å². The summed E-state index contributed by atoms with van der Waals surface area (Å²) in [6.07, 6.45) is -0.212. The molecule has 26 heavy (non-hydrogen) atoms. The van der Waals surface area contributed by atoms with Gasteiger partial charge in [0.05, 0.1) is 17.6 Å². The van der Waals surface area contributed by atoms with Gasteiger partial charge in [0.1, 0.15) is 17.9 Å². The number of halogens is 3. The molecule has 0 aromatic carbocycles. The van der Waals surface area contributed by atoms with Crippen LogP contribution in [0.1, 0.15) is 21.7 Å². The number of nitrogens with zero attached hydrogens (tertiary/aromatic N) is 3. The van der Waals surface area contributed by atoms with E-state index in [2.05, 4.69) is 15.3 Å². The average molecular weight is 362 g/mol. The van der Waals surface area contributed by atoms with Crippen molar-refractivity contribution in [1.29, 1.82) is 5.41 Å². The Balaban J connectivity index is 2.05. The lowest BCUT2D eigenvalue weighted by molar-refractivity contribution is -0.115. The van der Waals surface area contributed by atoms with Gasteiger partial charge in [-0.15, -0.1) is 0 Å². The summed E-state index contributed by atoms with van der Waals surface area (Å²) in [6, 6.07) is 6.34. The third-order valence-electron chi connectivity index (χ3n) is 3.58. The fourth-order valence-electron chi connectivity index (χ4n) is 2.39. The molecule has 3 aromatic heterocycles. The van der Waals surface area contributed by atoms with Crippen LogP contribution in [0.4, 0.5) is 18.9 Å². The third-order valence-corrected chi connectivity index (χ3v) is 3.58. The van der Waals surface area contributed by atoms with Crippen LogP contribution in [0.5, 0.6) is 0 Å². The van der Waals surface area contributed by atoms with Crippen LogP contribution in [0.3, 0.4) is 0 Å². The summed E-state index contributed by atoms with van der Waals surface area (Å²) in [6.45, 7) is -1.33. The molecule has 3 rings (SSSR count). The molecule has 0 bridgehead atoms. The molecule has 7 nitrogen and oxygen atoms in total. The number of aromatic nitrogens is 3. The van der Waals surface area contributed by atoms with E-state index in [-0.39, 0.29) is 22.7 Å². The van der Waals surface area contributed by atoms with E-state index in [1.54, 1.807) is 28.8 Å². The number of hydrogen-bond donors (Lipinski definition) is 3. The number of nitrogens with two attached hydrogens (primary N) is 1. The summed E-state index contributed by atoms with van der Waals surface area (Å²) < 4.78 is 39.4. The molecule has 0 fully saturated rings. The lowest BCUT2D eigenvalue weighted by atomic mass is 10.1. The first-order valence-electron chi connectivity index (χ1n) is 7.38. The zero-order valence-electron chi connectivity index (χ0n) is 13.2. The standard InChI is InChI=1S/C16H13F3N6O/c17-16(18,19)8-24-10-5-11(15(21)26)22-6-9(10)14(20)12-7-23-13-3-1-2-4-25(12)13/h1-7,20H,8H2,(H2,21,26)(H,22,24). The average Bonchev–Trinajstić information content (AvgIpc) is 3.02. The zero-order chi connectivity index (χ0) is 18.9. The van der Waals surface area contributed by atoms with E-state index in [9.17, 15) is 18.0 Å². The molecule has 0 spiro atoms. The predicted molar refractivity (Wildman–Crippen MR) is 88.4 cm³/mol. The summed E-state index contributed by atoms with van der Waals surface area (Å²) in [5.74, 6) is -0.882. The molecule has 10 heteroatoms. The lowest BCUT2D eigenvalue weighted by Crippen LogP contribution is -2.23. The Bertz CT molecular complexity index is 995. The SMILES string of the molecule is N=C(c1cnc(C(N)=O)cc1NCC(F)(F)F)c1cnc2ccccn12. The Morgan fingerprint density at radius 3 is 2.73 bits per heavy atom. The smallest absolute Gasteiger partial charge is 0.376 e. The molecule has 0 saturated heterocycles. The van der Waals surface area contributed by atoms with Crippen molar-refractivity contribution in [3.8, 4) is 0 Å². The van der Waals surface area contributed by atoms with Gasteiger partial charge in [-0.3, -0.25) is 19.6 Å². The van der Waals surface area contributed by atoms with E-state index in [4.69, 9.17) is 11.1 Å². The maximum Gasteiger partial charge on any atom is 0.405 e. The van der Waals surface area contributed by atoms with Gasteiger partial charge in [0.25, 0.3) is 5.91 Å². The molecule has 4 N–H and O–H groups in total. The van der Waals surface area contributed by atoms with E-state index < -0.39 is 18.6 Å². The minimum atomic E-state index is -4.47. The molecule has 0 radical (unpaired) electrons. The number of fused-ring (bicyclic) bond motifs is 1. The molecule has 0 unspecified atom stereocenters. The Morgan fingerprint density at radius 2 is 2.04 bits per heavy atom. The fourth-order valence-corrected chi connectivity index (χ4v) is 2.39. The van der Waals surface area contributed by atoms with Gasteiger partial charge in [0, 0.05) is 23.6 Å². The second-order valence-corrected chi connectivity index (χ2v) is 5.40. The number of primary amides is 1. The van der Waals surface area contributed by atoms with Crippen molar-refractivity contribution in [1.82, 2.24) is 14.4 Å². The number of anilines is 1. The van der Waals surface area contributed by atoms with E-state index in [1.165, 1.54) is 6.20 Å². The Kier molecular flexibility index (Phi) is 4.33. The second kappa shape index (κ2) is 6.47. The van der Waals surface area contributed by atoms with Crippen molar-refractivity contribution in [2.24, 2.45) is 5.73 Å². The summed E-state index contributed by atoms with van der Waals surface area (Å²) in [7, 11) is 0. The maximum atomic E-state index is 12.6. The maximum absolute atomic E-state index is 12.6. The molecule has 0 aliphatic heterocycles. The predicted octanol–water partition coefficient (Wildman–Crippen LogP) is 2.22. The van der Waals surface area contributed by atoms with Crippen LogP contribution in [0, 0.1) is 5.41 Å². The highest BCUT2D eigenvalue weighted by Crippen LogP contribution is 2.23. The van der Waals surface area contributed by atoms with E-state index in [1.807, 2.05) is 0 Å². The summed E-state index contributed by atoms with van der Waals surface area (Å²) in [4.78, 5) is 19.3. The van der Waals surface area contributed by atoms with E-state index in [0.717, 1.165) is 12.3 Å². The molecule has 0 aliphatic rings. The first kappa shape index (κ1) is 17.4. The Morgan fingerprint density at radius 1 is 1.27 bits per heavy atom.